The highest BCUT2D eigenvalue weighted by Gasteiger charge is 2.05. The predicted molar refractivity (Wildman–Crippen MR) is 44.0 cm³/mol. The van der Waals surface area contributed by atoms with Crippen molar-refractivity contribution in [2.24, 2.45) is 5.92 Å². The molecule has 1 atom stereocenters. The van der Waals surface area contributed by atoms with Gasteiger partial charge in [0.05, 0.1) is 0 Å². The van der Waals surface area contributed by atoms with Crippen molar-refractivity contribution in [3.8, 4) is 0 Å². The van der Waals surface area contributed by atoms with Crippen LogP contribution in [-0.4, -0.2) is 36.8 Å². The quantitative estimate of drug-likeness (QED) is 0.623. The topological polar surface area (TPSA) is 23.5 Å². The lowest BCUT2D eigenvalue weighted by molar-refractivity contribution is 0.179. The first kappa shape index (κ1) is 9.92. The fourth-order valence-electron chi connectivity index (χ4n) is 0.886. The van der Waals surface area contributed by atoms with Gasteiger partial charge >= 0.3 is 0 Å². The second-order valence-electron chi connectivity index (χ2n) is 2.81. The number of rotatable bonds is 5. The van der Waals surface area contributed by atoms with Gasteiger partial charge in [-0.1, -0.05) is 13.8 Å². The van der Waals surface area contributed by atoms with E-state index in [4.69, 9.17) is 5.11 Å². The molecule has 0 aliphatic heterocycles. The van der Waals surface area contributed by atoms with E-state index in [9.17, 15) is 0 Å². The van der Waals surface area contributed by atoms with Crippen LogP contribution in [0.15, 0.2) is 0 Å². The number of aliphatic hydroxyl groups excluding tert-OH is 1. The van der Waals surface area contributed by atoms with E-state index in [2.05, 4.69) is 25.8 Å². The average molecular weight is 145 g/mol. The fourth-order valence-corrected chi connectivity index (χ4v) is 0.886. The van der Waals surface area contributed by atoms with E-state index in [1.165, 1.54) is 0 Å². The molecule has 1 unspecified atom stereocenters. The molecule has 0 aromatic heterocycles. The summed E-state index contributed by atoms with van der Waals surface area (Å²) in [5.41, 5.74) is 0. The molecule has 0 aromatic carbocycles. The normalized spacial score (nSPS) is 14.1. The third kappa shape index (κ3) is 3.85. The second-order valence-corrected chi connectivity index (χ2v) is 2.81. The third-order valence-electron chi connectivity index (χ3n) is 1.95. The summed E-state index contributed by atoms with van der Waals surface area (Å²) in [5, 5.41) is 8.84. The van der Waals surface area contributed by atoms with Crippen LogP contribution in [0.3, 0.4) is 0 Å². The molecule has 10 heavy (non-hydrogen) atoms. The maximum atomic E-state index is 8.84. The Bertz CT molecular complexity index is 71.7. The first-order valence-corrected chi connectivity index (χ1v) is 4.03. The summed E-state index contributed by atoms with van der Waals surface area (Å²) in [7, 11) is 2.08. The average Bonchev–Trinajstić information content (AvgIpc) is 1.99. The first-order valence-electron chi connectivity index (χ1n) is 4.03. The van der Waals surface area contributed by atoms with Gasteiger partial charge < -0.3 is 10.0 Å². The van der Waals surface area contributed by atoms with Gasteiger partial charge in [-0.3, -0.25) is 0 Å². The summed E-state index contributed by atoms with van der Waals surface area (Å²) in [4.78, 5) is 2.23. The number of hydrogen-bond donors (Lipinski definition) is 1. The van der Waals surface area contributed by atoms with Crippen LogP contribution in [0.25, 0.3) is 0 Å². The van der Waals surface area contributed by atoms with Crippen molar-refractivity contribution >= 4 is 0 Å². The van der Waals surface area contributed by atoms with E-state index in [-0.39, 0.29) is 0 Å². The molecule has 0 rings (SSSR count). The van der Waals surface area contributed by atoms with Crippen LogP contribution in [0.2, 0.25) is 0 Å². The maximum Gasteiger partial charge on any atom is 0.0471 e. The smallest absolute Gasteiger partial charge is 0.0471 e. The van der Waals surface area contributed by atoms with Crippen LogP contribution < -0.4 is 0 Å². The van der Waals surface area contributed by atoms with Crippen LogP contribution >= 0.6 is 0 Å². The molecule has 62 valence electrons. The lowest BCUT2D eigenvalue weighted by atomic mass is 10.1. The zero-order valence-electron chi connectivity index (χ0n) is 7.30. The Morgan fingerprint density at radius 3 is 2.30 bits per heavy atom. The molecule has 0 amide bonds. The minimum atomic E-state index is 0.320. The molecule has 0 heterocycles. The summed E-state index contributed by atoms with van der Waals surface area (Å²) < 4.78 is 0. The Morgan fingerprint density at radius 2 is 2.00 bits per heavy atom. The SMILES string of the molecule is CCC(CO)CN(C)CC. The van der Waals surface area contributed by atoms with Gasteiger partial charge in [-0.25, -0.2) is 0 Å². The molecule has 2 heteroatoms. The van der Waals surface area contributed by atoms with Gasteiger partial charge in [-0.15, -0.1) is 0 Å². The predicted octanol–water partition coefficient (Wildman–Crippen LogP) is 0.957. The third-order valence-corrected chi connectivity index (χ3v) is 1.95. The zero-order valence-corrected chi connectivity index (χ0v) is 7.30. The highest BCUT2D eigenvalue weighted by atomic mass is 16.3. The molecule has 0 aliphatic rings. The standard InChI is InChI=1S/C8H19NO/c1-4-8(7-10)6-9(3)5-2/h8,10H,4-7H2,1-3H3. The monoisotopic (exact) mass is 145 g/mol. The molecular formula is C8H19NO. The van der Waals surface area contributed by atoms with Crippen molar-refractivity contribution in [1.82, 2.24) is 4.90 Å². The molecule has 1 N–H and O–H groups in total. The Labute approximate surface area is 63.8 Å². The molecule has 0 spiro atoms. The van der Waals surface area contributed by atoms with Crippen LogP contribution in [0.4, 0.5) is 0 Å². The summed E-state index contributed by atoms with van der Waals surface area (Å²) in [6.45, 7) is 6.65. The lowest BCUT2D eigenvalue weighted by Crippen LogP contribution is -2.26. The minimum Gasteiger partial charge on any atom is -0.396 e. The van der Waals surface area contributed by atoms with E-state index in [0.29, 0.717) is 12.5 Å². The molecule has 0 saturated carbocycles. The number of nitrogens with zero attached hydrogens (tertiary/aromatic N) is 1. The van der Waals surface area contributed by atoms with Gasteiger partial charge in [-0.05, 0) is 25.9 Å². The molecule has 0 saturated heterocycles. The molecule has 0 radical (unpaired) electrons. The van der Waals surface area contributed by atoms with Gasteiger partial charge in [0.1, 0.15) is 0 Å². The van der Waals surface area contributed by atoms with Gasteiger partial charge in [0.25, 0.3) is 0 Å². The first-order chi connectivity index (χ1) is 4.74. The fraction of sp³-hybridized carbons (Fsp3) is 1.00. The highest BCUT2D eigenvalue weighted by Crippen LogP contribution is 2.02. The van der Waals surface area contributed by atoms with Crippen molar-refractivity contribution < 1.29 is 5.11 Å². The van der Waals surface area contributed by atoms with Crippen LogP contribution in [-0.2, 0) is 0 Å². The van der Waals surface area contributed by atoms with Crippen molar-refractivity contribution in [2.45, 2.75) is 20.3 Å². The van der Waals surface area contributed by atoms with Crippen molar-refractivity contribution in [1.29, 1.82) is 0 Å². The Morgan fingerprint density at radius 1 is 1.40 bits per heavy atom. The number of hydrogen-bond acceptors (Lipinski definition) is 2. The summed E-state index contributed by atoms with van der Waals surface area (Å²) in [5.74, 6) is 0.463. The molecule has 0 aliphatic carbocycles. The van der Waals surface area contributed by atoms with E-state index in [1.807, 2.05) is 0 Å². The molecule has 2 nitrogen and oxygen atoms in total. The Kier molecular flexibility index (Phi) is 5.64. The Balaban J connectivity index is 3.41. The largest absolute Gasteiger partial charge is 0.396 e. The Hall–Kier alpha value is -0.0800. The van der Waals surface area contributed by atoms with Gasteiger partial charge in [-0.2, -0.15) is 0 Å². The van der Waals surface area contributed by atoms with E-state index >= 15 is 0 Å². The van der Waals surface area contributed by atoms with Gasteiger partial charge in [0.15, 0.2) is 0 Å². The van der Waals surface area contributed by atoms with Crippen LogP contribution in [0, 0.1) is 5.92 Å². The molecule has 0 aromatic rings. The summed E-state index contributed by atoms with van der Waals surface area (Å²) >= 11 is 0. The lowest BCUT2D eigenvalue weighted by Gasteiger charge is -2.19. The second kappa shape index (κ2) is 5.69. The summed E-state index contributed by atoms with van der Waals surface area (Å²) in [6.07, 6.45) is 1.07. The van der Waals surface area contributed by atoms with Gasteiger partial charge in [0, 0.05) is 13.2 Å². The summed E-state index contributed by atoms with van der Waals surface area (Å²) in [6, 6.07) is 0. The molecule has 0 bridgehead atoms. The van der Waals surface area contributed by atoms with Crippen molar-refractivity contribution in [3.05, 3.63) is 0 Å². The van der Waals surface area contributed by atoms with Crippen LogP contribution in [0.5, 0.6) is 0 Å². The number of aliphatic hydroxyl groups is 1. The minimum absolute atomic E-state index is 0.320. The van der Waals surface area contributed by atoms with Gasteiger partial charge in [0.2, 0.25) is 0 Å². The molecule has 0 fully saturated rings. The van der Waals surface area contributed by atoms with E-state index in [1.54, 1.807) is 0 Å². The maximum absolute atomic E-state index is 8.84. The van der Waals surface area contributed by atoms with Crippen molar-refractivity contribution in [3.63, 3.8) is 0 Å². The molecular weight excluding hydrogens is 126 g/mol. The zero-order chi connectivity index (χ0) is 7.98. The van der Waals surface area contributed by atoms with E-state index < -0.39 is 0 Å². The van der Waals surface area contributed by atoms with Crippen molar-refractivity contribution in [2.75, 3.05) is 26.7 Å². The van der Waals surface area contributed by atoms with E-state index in [0.717, 1.165) is 19.5 Å². The van der Waals surface area contributed by atoms with Crippen LogP contribution in [0.1, 0.15) is 20.3 Å². The highest BCUT2D eigenvalue weighted by molar-refractivity contribution is 4.58.